The zero-order valence-electron chi connectivity index (χ0n) is 8.18. The van der Waals surface area contributed by atoms with Gasteiger partial charge in [-0.2, -0.15) is 0 Å². The van der Waals surface area contributed by atoms with E-state index in [1.807, 2.05) is 6.07 Å². The second kappa shape index (κ2) is 3.03. The van der Waals surface area contributed by atoms with Gasteiger partial charge in [0.1, 0.15) is 5.01 Å². The summed E-state index contributed by atoms with van der Waals surface area (Å²) in [5.74, 6) is 0. The fourth-order valence-corrected chi connectivity index (χ4v) is 2.81. The molecule has 76 valence electrons. The van der Waals surface area contributed by atoms with Gasteiger partial charge in [0.05, 0.1) is 0 Å². The molecular formula is C11H11N3S. The van der Waals surface area contributed by atoms with Gasteiger partial charge in [-0.15, -0.1) is 10.2 Å². The Morgan fingerprint density at radius 1 is 1.13 bits per heavy atom. The summed E-state index contributed by atoms with van der Waals surface area (Å²) in [6.07, 6.45) is 2.32. The average molecular weight is 217 g/mol. The quantitative estimate of drug-likeness (QED) is 0.839. The predicted octanol–water partition coefficient (Wildman–Crippen LogP) is 2.20. The number of nitrogens with two attached hydrogens (primary N) is 1. The van der Waals surface area contributed by atoms with E-state index in [-0.39, 0.29) is 5.41 Å². The number of aromatic nitrogens is 2. The molecule has 15 heavy (non-hydrogen) atoms. The number of hydrogen-bond donors (Lipinski definition) is 1. The monoisotopic (exact) mass is 217 g/mol. The molecular weight excluding hydrogens is 206 g/mol. The molecule has 1 aromatic heterocycles. The second-order valence-electron chi connectivity index (χ2n) is 3.89. The molecule has 0 radical (unpaired) electrons. The summed E-state index contributed by atoms with van der Waals surface area (Å²) in [6, 6.07) is 10.5. The Morgan fingerprint density at radius 3 is 2.40 bits per heavy atom. The molecule has 0 atom stereocenters. The van der Waals surface area contributed by atoms with Gasteiger partial charge in [-0.1, -0.05) is 41.7 Å². The van der Waals surface area contributed by atoms with Gasteiger partial charge in [-0.25, -0.2) is 0 Å². The van der Waals surface area contributed by atoms with Crippen molar-refractivity contribution in [3.05, 3.63) is 40.9 Å². The first-order chi connectivity index (χ1) is 7.31. The minimum atomic E-state index is 0.122. The highest BCUT2D eigenvalue weighted by atomic mass is 32.1. The third kappa shape index (κ3) is 1.33. The summed E-state index contributed by atoms with van der Waals surface area (Å²) >= 11 is 1.51. The van der Waals surface area contributed by atoms with E-state index in [2.05, 4.69) is 34.5 Å². The molecule has 0 saturated heterocycles. The van der Waals surface area contributed by atoms with Crippen molar-refractivity contribution >= 4 is 16.5 Å². The number of hydrogen-bond acceptors (Lipinski definition) is 4. The molecule has 0 unspecified atom stereocenters. The normalized spacial score (nSPS) is 17.6. The first kappa shape index (κ1) is 8.85. The summed E-state index contributed by atoms with van der Waals surface area (Å²) < 4.78 is 0. The van der Waals surface area contributed by atoms with Crippen LogP contribution in [0, 0.1) is 0 Å². The van der Waals surface area contributed by atoms with Gasteiger partial charge in [0.15, 0.2) is 0 Å². The summed E-state index contributed by atoms with van der Waals surface area (Å²) in [5, 5.41) is 9.69. The molecule has 1 saturated carbocycles. The van der Waals surface area contributed by atoms with Crippen LogP contribution in [0.3, 0.4) is 0 Å². The molecule has 4 heteroatoms. The van der Waals surface area contributed by atoms with E-state index in [9.17, 15) is 0 Å². The van der Waals surface area contributed by atoms with Gasteiger partial charge in [-0.05, 0) is 18.4 Å². The van der Waals surface area contributed by atoms with Crippen LogP contribution in [0.2, 0.25) is 0 Å². The van der Waals surface area contributed by atoms with Crippen molar-refractivity contribution in [2.45, 2.75) is 18.3 Å². The maximum atomic E-state index is 5.63. The number of nitrogen functional groups attached to an aromatic ring is 1. The molecule has 0 bridgehead atoms. The van der Waals surface area contributed by atoms with E-state index in [0.29, 0.717) is 5.13 Å². The predicted molar refractivity (Wildman–Crippen MR) is 60.8 cm³/mol. The van der Waals surface area contributed by atoms with Crippen molar-refractivity contribution in [2.75, 3.05) is 5.73 Å². The van der Waals surface area contributed by atoms with Gasteiger partial charge in [0.2, 0.25) is 5.13 Å². The molecule has 0 spiro atoms. The molecule has 1 aromatic carbocycles. The van der Waals surface area contributed by atoms with Gasteiger partial charge >= 0.3 is 0 Å². The van der Waals surface area contributed by atoms with E-state index in [4.69, 9.17) is 5.73 Å². The zero-order valence-corrected chi connectivity index (χ0v) is 9.00. The van der Waals surface area contributed by atoms with Crippen molar-refractivity contribution in [1.29, 1.82) is 0 Å². The lowest BCUT2D eigenvalue weighted by Gasteiger charge is -2.10. The molecule has 2 aromatic rings. The number of benzene rings is 1. The Balaban J connectivity index is 2.05. The van der Waals surface area contributed by atoms with Gasteiger partial charge in [0, 0.05) is 5.41 Å². The lowest BCUT2D eigenvalue weighted by Crippen LogP contribution is -2.07. The number of nitrogens with zero attached hydrogens (tertiary/aromatic N) is 2. The maximum Gasteiger partial charge on any atom is 0.203 e. The number of anilines is 1. The fourth-order valence-electron chi connectivity index (χ4n) is 1.94. The molecule has 0 aliphatic heterocycles. The smallest absolute Gasteiger partial charge is 0.203 e. The molecule has 1 aliphatic rings. The Labute approximate surface area is 92.0 Å². The van der Waals surface area contributed by atoms with Crippen molar-refractivity contribution in [2.24, 2.45) is 0 Å². The summed E-state index contributed by atoms with van der Waals surface area (Å²) in [5.41, 5.74) is 7.08. The van der Waals surface area contributed by atoms with Crippen LogP contribution in [0.1, 0.15) is 23.4 Å². The first-order valence-corrected chi connectivity index (χ1v) is 5.78. The maximum absolute atomic E-state index is 5.63. The van der Waals surface area contributed by atoms with E-state index < -0.39 is 0 Å². The van der Waals surface area contributed by atoms with Gasteiger partial charge < -0.3 is 5.73 Å². The van der Waals surface area contributed by atoms with Crippen molar-refractivity contribution in [1.82, 2.24) is 10.2 Å². The van der Waals surface area contributed by atoms with Crippen LogP contribution in [0.25, 0.3) is 0 Å². The minimum Gasteiger partial charge on any atom is -0.374 e. The highest BCUT2D eigenvalue weighted by Gasteiger charge is 2.48. The molecule has 2 N–H and O–H groups in total. The Kier molecular flexibility index (Phi) is 1.79. The average Bonchev–Trinajstić information content (AvgIpc) is 2.98. The van der Waals surface area contributed by atoms with E-state index in [1.54, 1.807) is 0 Å². The highest BCUT2D eigenvalue weighted by Crippen LogP contribution is 2.54. The minimum absolute atomic E-state index is 0.122. The van der Waals surface area contributed by atoms with Crippen LogP contribution in [-0.4, -0.2) is 10.2 Å². The highest BCUT2D eigenvalue weighted by molar-refractivity contribution is 7.15. The van der Waals surface area contributed by atoms with Crippen LogP contribution in [0.15, 0.2) is 30.3 Å². The van der Waals surface area contributed by atoms with E-state index in [0.717, 1.165) is 17.8 Å². The van der Waals surface area contributed by atoms with E-state index in [1.165, 1.54) is 16.9 Å². The third-order valence-corrected chi connectivity index (χ3v) is 3.88. The molecule has 0 amide bonds. The molecule has 3 rings (SSSR count). The lowest BCUT2D eigenvalue weighted by molar-refractivity contribution is 0.808. The van der Waals surface area contributed by atoms with Crippen LogP contribution >= 0.6 is 11.3 Å². The third-order valence-electron chi connectivity index (χ3n) is 2.93. The zero-order chi connectivity index (χ0) is 10.3. The summed E-state index contributed by atoms with van der Waals surface area (Å²) in [6.45, 7) is 0. The molecule has 1 heterocycles. The fraction of sp³-hybridized carbons (Fsp3) is 0.273. The van der Waals surface area contributed by atoms with Gasteiger partial charge in [-0.3, -0.25) is 0 Å². The first-order valence-electron chi connectivity index (χ1n) is 4.96. The van der Waals surface area contributed by atoms with Crippen molar-refractivity contribution < 1.29 is 0 Å². The summed E-state index contributed by atoms with van der Waals surface area (Å²) in [4.78, 5) is 0. The van der Waals surface area contributed by atoms with Gasteiger partial charge in [0.25, 0.3) is 0 Å². The Morgan fingerprint density at radius 2 is 1.87 bits per heavy atom. The lowest BCUT2D eigenvalue weighted by atomic mass is 9.97. The Bertz CT molecular complexity index is 474. The standard InChI is InChI=1S/C11H11N3S/c12-10-14-13-9(15-10)11(6-7-11)8-4-2-1-3-5-8/h1-5H,6-7H2,(H2,12,14). The largest absolute Gasteiger partial charge is 0.374 e. The summed E-state index contributed by atoms with van der Waals surface area (Å²) in [7, 11) is 0. The molecule has 1 fully saturated rings. The van der Waals surface area contributed by atoms with Crippen molar-refractivity contribution in [3.63, 3.8) is 0 Å². The Hall–Kier alpha value is -1.42. The molecule has 1 aliphatic carbocycles. The van der Waals surface area contributed by atoms with Crippen LogP contribution < -0.4 is 5.73 Å². The topological polar surface area (TPSA) is 51.8 Å². The number of rotatable bonds is 2. The molecule has 3 nitrogen and oxygen atoms in total. The van der Waals surface area contributed by atoms with Crippen molar-refractivity contribution in [3.8, 4) is 0 Å². The second-order valence-corrected chi connectivity index (χ2v) is 4.90. The van der Waals surface area contributed by atoms with Crippen LogP contribution in [-0.2, 0) is 5.41 Å². The van der Waals surface area contributed by atoms with Crippen LogP contribution in [0.5, 0.6) is 0 Å². The van der Waals surface area contributed by atoms with E-state index >= 15 is 0 Å². The van der Waals surface area contributed by atoms with Crippen LogP contribution in [0.4, 0.5) is 5.13 Å². The SMILES string of the molecule is Nc1nnc(C2(c3ccccc3)CC2)s1.